The van der Waals surface area contributed by atoms with Gasteiger partial charge >= 0.3 is 6.09 Å². The van der Waals surface area contributed by atoms with Crippen molar-refractivity contribution in [2.75, 3.05) is 5.32 Å². The molecule has 5 nitrogen and oxygen atoms in total. The molecule has 2 aromatic rings. The Morgan fingerprint density at radius 2 is 2.04 bits per heavy atom. The number of anilines is 1. The zero-order chi connectivity index (χ0) is 16.9. The molecule has 0 aliphatic carbocycles. The number of halogens is 1. The van der Waals surface area contributed by atoms with Crippen molar-refractivity contribution in [3.63, 3.8) is 0 Å². The number of ether oxygens (including phenoxy) is 1. The number of hydrogen-bond donors (Lipinski definition) is 2. The Morgan fingerprint density at radius 1 is 1.26 bits per heavy atom. The van der Waals surface area contributed by atoms with Crippen LogP contribution in [-0.4, -0.2) is 11.7 Å². The number of rotatable bonds is 5. The maximum Gasteiger partial charge on any atom is 0.407 e. The predicted octanol–water partition coefficient (Wildman–Crippen LogP) is 4.68. The minimum absolute atomic E-state index is 0.412. The zero-order valence-corrected chi connectivity index (χ0v) is 15.1. The standard InChI is InChI=1S/C17H21BrN2O3/c1-17(2,3)23-16(21)20-10-12-5-4-6-13(9-12)19-11-15-14(18)7-8-22-15/h4-9,19H,10-11H2,1-3H3,(H,20,21). The summed E-state index contributed by atoms with van der Waals surface area (Å²) in [4.78, 5) is 11.7. The number of nitrogens with one attached hydrogen (secondary N) is 2. The van der Waals surface area contributed by atoms with Crippen LogP contribution in [0.4, 0.5) is 10.5 Å². The second kappa shape index (κ2) is 7.55. The lowest BCUT2D eigenvalue weighted by atomic mass is 10.2. The van der Waals surface area contributed by atoms with Gasteiger partial charge in [0.25, 0.3) is 0 Å². The molecular weight excluding hydrogens is 360 g/mol. The van der Waals surface area contributed by atoms with E-state index in [0.717, 1.165) is 21.5 Å². The van der Waals surface area contributed by atoms with Gasteiger partial charge in [0.05, 0.1) is 17.3 Å². The maximum atomic E-state index is 11.7. The maximum absolute atomic E-state index is 11.7. The number of benzene rings is 1. The van der Waals surface area contributed by atoms with Crippen molar-refractivity contribution in [3.8, 4) is 0 Å². The number of hydrogen-bond acceptors (Lipinski definition) is 4. The van der Waals surface area contributed by atoms with Gasteiger partial charge in [0.15, 0.2) is 0 Å². The van der Waals surface area contributed by atoms with Crippen molar-refractivity contribution in [2.45, 2.75) is 39.5 Å². The number of furan rings is 1. The highest BCUT2D eigenvalue weighted by Gasteiger charge is 2.15. The second-order valence-corrected chi connectivity index (χ2v) is 6.96. The van der Waals surface area contributed by atoms with E-state index in [1.807, 2.05) is 51.1 Å². The SMILES string of the molecule is CC(C)(C)OC(=O)NCc1cccc(NCc2occc2Br)c1. The summed E-state index contributed by atoms with van der Waals surface area (Å²) in [6.07, 6.45) is 1.22. The fourth-order valence-corrected chi connectivity index (χ4v) is 2.25. The first kappa shape index (κ1) is 17.4. The van der Waals surface area contributed by atoms with Crippen molar-refractivity contribution < 1.29 is 13.9 Å². The zero-order valence-electron chi connectivity index (χ0n) is 13.5. The summed E-state index contributed by atoms with van der Waals surface area (Å²) in [7, 11) is 0. The van der Waals surface area contributed by atoms with E-state index in [1.165, 1.54) is 0 Å². The van der Waals surface area contributed by atoms with E-state index in [-0.39, 0.29) is 0 Å². The summed E-state index contributed by atoms with van der Waals surface area (Å²) in [6, 6.07) is 9.69. The fourth-order valence-electron chi connectivity index (χ4n) is 1.91. The van der Waals surface area contributed by atoms with Gasteiger partial charge in [-0.15, -0.1) is 0 Å². The summed E-state index contributed by atoms with van der Waals surface area (Å²) in [5.41, 5.74) is 1.44. The van der Waals surface area contributed by atoms with Crippen LogP contribution in [0.2, 0.25) is 0 Å². The Hall–Kier alpha value is -1.95. The topological polar surface area (TPSA) is 63.5 Å². The molecule has 0 aliphatic heterocycles. The Kier molecular flexibility index (Phi) is 5.71. The van der Waals surface area contributed by atoms with Gasteiger partial charge in [-0.3, -0.25) is 0 Å². The van der Waals surface area contributed by atoms with Gasteiger partial charge in [0.2, 0.25) is 0 Å². The Morgan fingerprint density at radius 3 is 2.70 bits per heavy atom. The van der Waals surface area contributed by atoms with Crippen molar-refractivity contribution in [1.29, 1.82) is 0 Å². The molecule has 0 bridgehead atoms. The largest absolute Gasteiger partial charge is 0.466 e. The van der Waals surface area contributed by atoms with Gasteiger partial charge < -0.3 is 19.8 Å². The van der Waals surface area contributed by atoms with Crippen molar-refractivity contribution in [3.05, 3.63) is 52.4 Å². The third-order valence-electron chi connectivity index (χ3n) is 2.91. The van der Waals surface area contributed by atoms with E-state index >= 15 is 0 Å². The van der Waals surface area contributed by atoms with Crippen LogP contribution in [0.25, 0.3) is 0 Å². The molecule has 0 saturated heterocycles. The third-order valence-corrected chi connectivity index (χ3v) is 3.61. The number of carbonyl (C=O) groups is 1. The van der Waals surface area contributed by atoms with Crippen LogP contribution < -0.4 is 10.6 Å². The van der Waals surface area contributed by atoms with Crippen molar-refractivity contribution >= 4 is 27.7 Å². The Labute approximate surface area is 144 Å². The third kappa shape index (κ3) is 5.98. The van der Waals surface area contributed by atoms with E-state index in [0.29, 0.717) is 13.1 Å². The molecule has 0 spiro atoms. The molecule has 2 N–H and O–H groups in total. The van der Waals surface area contributed by atoms with Crippen molar-refractivity contribution in [2.24, 2.45) is 0 Å². The van der Waals surface area contributed by atoms with Crippen LogP contribution >= 0.6 is 15.9 Å². The minimum Gasteiger partial charge on any atom is -0.466 e. The molecule has 0 saturated carbocycles. The van der Waals surface area contributed by atoms with Gasteiger partial charge in [-0.1, -0.05) is 12.1 Å². The van der Waals surface area contributed by atoms with E-state index < -0.39 is 11.7 Å². The average Bonchev–Trinajstić information content (AvgIpc) is 2.87. The summed E-state index contributed by atoms with van der Waals surface area (Å²) < 4.78 is 11.5. The van der Waals surface area contributed by atoms with E-state index in [9.17, 15) is 4.79 Å². The van der Waals surface area contributed by atoms with Crippen LogP contribution in [0.3, 0.4) is 0 Å². The Balaban J connectivity index is 1.87. The first-order valence-corrected chi connectivity index (χ1v) is 8.14. The molecule has 2 rings (SSSR count). The molecule has 1 heterocycles. The van der Waals surface area contributed by atoms with Gasteiger partial charge in [-0.2, -0.15) is 0 Å². The van der Waals surface area contributed by atoms with Gasteiger partial charge in [-0.05, 0) is 60.5 Å². The van der Waals surface area contributed by atoms with E-state index in [2.05, 4.69) is 26.6 Å². The number of alkyl carbamates (subject to hydrolysis) is 1. The molecule has 6 heteroatoms. The van der Waals surface area contributed by atoms with Crippen LogP contribution in [-0.2, 0) is 17.8 Å². The van der Waals surface area contributed by atoms with Crippen LogP contribution in [0.5, 0.6) is 0 Å². The molecular formula is C17H21BrN2O3. The van der Waals surface area contributed by atoms with Crippen molar-refractivity contribution in [1.82, 2.24) is 5.32 Å². The first-order valence-electron chi connectivity index (χ1n) is 7.35. The van der Waals surface area contributed by atoms with E-state index in [1.54, 1.807) is 6.26 Å². The van der Waals surface area contributed by atoms with Gasteiger partial charge in [0, 0.05) is 12.2 Å². The lowest BCUT2D eigenvalue weighted by molar-refractivity contribution is 0.0523. The highest BCUT2D eigenvalue weighted by Crippen LogP contribution is 2.19. The molecule has 0 aliphatic rings. The van der Waals surface area contributed by atoms with Crippen LogP contribution in [0, 0.1) is 0 Å². The lowest BCUT2D eigenvalue weighted by Gasteiger charge is -2.19. The monoisotopic (exact) mass is 380 g/mol. The molecule has 1 aromatic carbocycles. The molecule has 124 valence electrons. The molecule has 0 atom stereocenters. The van der Waals surface area contributed by atoms with Crippen LogP contribution in [0.1, 0.15) is 32.1 Å². The minimum atomic E-state index is -0.496. The summed E-state index contributed by atoms with van der Waals surface area (Å²) in [6.45, 7) is 6.50. The highest BCUT2D eigenvalue weighted by atomic mass is 79.9. The molecule has 1 aromatic heterocycles. The fraction of sp³-hybridized carbons (Fsp3) is 0.353. The molecule has 0 fully saturated rings. The normalized spacial score (nSPS) is 11.1. The summed E-state index contributed by atoms with van der Waals surface area (Å²) in [5, 5.41) is 6.03. The van der Waals surface area contributed by atoms with E-state index in [4.69, 9.17) is 9.15 Å². The first-order chi connectivity index (χ1) is 10.8. The quantitative estimate of drug-likeness (QED) is 0.790. The molecule has 0 radical (unpaired) electrons. The van der Waals surface area contributed by atoms with Gasteiger partial charge in [0.1, 0.15) is 11.4 Å². The number of carbonyl (C=O) groups excluding carboxylic acids is 1. The molecule has 1 amide bonds. The number of amides is 1. The average molecular weight is 381 g/mol. The second-order valence-electron chi connectivity index (χ2n) is 6.10. The smallest absolute Gasteiger partial charge is 0.407 e. The summed E-state index contributed by atoms with van der Waals surface area (Å²) in [5.74, 6) is 0.835. The lowest BCUT2D eigenvalue weighted by Crippen LogP contribution is -2.32. The molecule has 23 heavy (non-hydrogen) atoms. The molecule has 0 unspecified atom stereocenters. The van der Waals surface area contributed by atoms with Crippen LogP contribution in [0.15, 0.2) is 45.5 Å². The summed E-state index contributed by atoms with van der Waals surface area (Å²) >= 11 is 3.42. The predicted molar refractivity (Wildman–Crippen MR) is 93.3 cm³/mol. The Bertz CT molecular complexity index is 662. The van der Waals surface area contributed by atoms with Gasteiger partial charge in [-0.25, -0.2) is 4.79 Å². The highest BCUT2D eigenvalue weighted by molar-refractivity contribution is 9.10.